The first-order valence-electron chi connectivity index (χ1n) is 10.8. The van der Waals surface area contributed by atoms with Crippen LogP contribution in [-0.2, 0) is 24.1 Å². The summed E-state index contributed by atoms with van der Waals surface area (Å²) in [5.74, 6) is -1.07. The van der Waals surface area contributed by atoms with Crippen molar-refractivity contribution in [1.29, 1.82) is 0 Å². The SMILES string of the molecule is CC(C)(O)CS(=O)N1CC=C(c2ccc(NC(=O)N3Cc4cc(F)cc(F)c4C3)cc2)CC1. The number of benzene rings is 2. The maximum absolute atomic E-state index is 13.9. The molecule has 4 rings (SSSR count). The van der Waals surface area contributed by atoms with E-state index in [9.17, 15) is 22.9 Å². The first-order chi connectivity index (χ1) is 15.6. The van der Waals surface area contributed by atoms with Crippen LogP contribution < -0.4 is 5.32 Å². The molecule has 2 aliphatic rings. The van der Waals surface area contributed by atoms with E-state index in [-0.39, 0.29) is 24.9 Å². The van der Waals surface area contributed by atoms with E-state index in [1.165, 1.54) is 11.0 Å². The number of amides is 2. The number of aliphatic hydroxyl groups is 1. The van der Waals surface area contributed by atoms with Gasteiger partial charge in [0.05, 0.1) is 28.9 Å². The van der Waals surface area contributed by atoms with Crippen molar-refractivity contribution in [2.45, 2.75) is 39.0 Å². The second-order valence-electron chi connectivity index (χ2n) is 9.03. The largest absolute Gasteiger partial charge is 0.389 e. The Hall–Kier alpha value is -2.62. The average molecular weight is 476 g/mol. The highest BCUT2D eigenvalue weighted by Crippen LogP contribution is 2.28. The molecular formula is C24H27F2N3O3S. The number of hydrogen-bond acceptors (Lipinski definition) is 3. The average Bonchev–Trinajstić information content (AvgIpc) is 3.18. The normalized spacial score (nSPS) is 17.5. The van der Waals surface area contributed by atoms with Crippen LogP contribution in [0.4, 0.5) is 19.3 Å². The van der Waals surface area contributed by atoms with Gasteiger partial charge in [0.2, 0.25) is 0 Å². The minimum atomic E-state index is -1.23. The second-order valence-corrected chi connectivity index (χ2v) is 10.5. The number of nitrogens with zero attached hydrogens (tertiary/aromatic N) is 2. The molecule has 0 saturated carbocycles. The first-order valence-corrected chi connectivity index (χ1v) is 12.0. The number of nitrogens with one attached hydrogen (secondary N) is 1. The van der Waals surface area contributed by atoms with E-state index in [0.717, 1.165) is 23.6 Å². The van der Waals surface area contributed by atoms with Crippen LogP contribution in [0.15, 0.2) is 42.5 Å². The van der Waals surface area contributed by atoms with Crippen LogP contribution in [0.25, 0.3) is 5.57 Å². The first kappa shape index (κ1) is 23.5. The van der Waals surface area contributed by atoms with E-state index in [2.05, 4.69) is 5.32 Å². The number of anilines is 1. The maximum atomic E-state index is 13.9. The lowest BCUT2D eigenvalue weighted by Gasteiger charge is -2.28. The van der Waals surface area contributed by atoms with E-state index in [0.29, 0.717) is 29.9 Å². The third-order valence-corrected chi connectivity index (χ3v) is 7.55. The molecule has 33 heavy (non-hydrogen) atoms. The van der Waals surface area contributed by atoms with Gasteiger partial charge in [0.1, 0.15) is 11.6 Å². The third kappa shape index (κ3) is 5.66. The van der Waals surface area contributed by atoms with Crippen LogP contribution in [0.2, 0.25) is 0 Å². The number of hydrogen-bond donors (Lipinski definition) is 2. The van der Waals surface area contributed by atoms with Crippen LogP contribution in [0.1, 0.15) is 37.0 Å². The summed E-state index contributed by atoms with van der Waals surface area (Å²) < 4.78 is 41.6. The Kier molecular flexibility index (Phi) is 6.65. The molecule has 2 aromatic rings. The highest BCUT2D eigenvalue weighted by molar-refractivity contribution is 7.82. The quantitative estimate of drug-likeness (QED) is 0.686. The van der Waals surface area contributed by atoms with Gasteiger partial charge in [0.15, 0.2) is 0 Å². The van der Waals surface area contributed by atoms with Crippen LogP contribution in [0, 0.1) is 11.6 Å². The van der Waals surface area contributed by atoms with Gasteiger partial charge in [0.25, 0.3) is 0 Å². The molecule has 0 bridgehead atoms. The zero-order chi connectivity index (χ0) is 23.8. The molecule has 0 aliphatic carbocycles. The molecule has 2 amide bonds. The lowest BCUT2D eigenvalue weighted by atomic mass is 10.0. The van der Waals surface area contributed by atoms with Crippen molar-refractivity contribution >= 4 is 28.3 Å². The number of carbonyl (C=O) groups is 1. The van der Waals surface area contributed by atoms with Gasteiger partial charge in [-0.25, -0.2) is 22.1 Å². The second kappa shape index (κ2) is 9.32. The van der Waals surface area contributed by atoms with Crippen molar-refractivity contribution in [2.24, 2.45) is 0 Å². The van der Waals surface area contributed by atoms with E-state index in [1.807, 2.05) is 22.5 Å². The van der Waals surface area contributed by atoms with Crippen molar-refractivity contribution in [3.05, 3.63) is 70.8 Å². The molecule has 2 aliphatic heterocycles. The minimum absolute atomic E-state index is 0.101. The predicted octanol–water partition coefficient (Wildman–Crippen LogP) is 4.04. The highest BCUT2D eigenvalue weighted by Gasteiger charge is 2.27. The summed E-state index contributed by atoms with van der Waals surface area (Å²) in [6.45, 7) is 4.74. The Morgan fingerprint density at radius 3 is 2.55 bits per heavy atom. The molecule has 6 nitrogen and oxygen atoms in total. The van der Waals surface area contributed by atoms with Gasteiger partial charge in [-0.15, -0.1) is 0 Å². The minimum Gasteiger partial charge on any atom is -0.389 e. The van der Waals surface area contributed by atoms with Gasteiger partial charge in [-0.2, -0.15) is 0 Å². The van der Waals surface area contributed by atoms with Crippen LogP contribution in [-0.4, -0.2) is 49.0 Å². The molecule has 0 aromatic heterocycles. The summed E-state index contributed by atoms with van der Waals surface area (Å²) in [7, 11) is -1.23. The lowest BCUT2D eigenvalue weighted by Crippen LogP contribution is -2.38. The number of halogens is 2. The van der Waals surface area contributed by atoms with E-state index < -0.39 is 28.2 Å². The fraction of sp³-hybridized carbons (Fsp3) is 0.375. The lowest BCUT2D eigenvalue weighted by molar-refractivity contribution is 0.105. The highest BCUT2D eigenvalue weighted by atomic mass is 32.2. The summed E-state index contributed by atoms with van der Waals surface area (Å²) in [5.41, 5.74) is 2.63. The zero-order valence-electron chi connectivity index (χ0n) is 18.6. The standard InChI is InChI=1S/C24H27F2N3O3S/c1-24(2,31)15-33(32)29-9-7-17(8-10-29)16-3-5-20(6-4-16)27-23(30)28-13-18-11-19(25)12-22(26)21(18)14-28/h3-7,11-12,31H,8-10,13-15H2,1-2H3,(H,27,30). The summed E-state index contributed by atoms with van der Waals surface area (Å²) in [6.07, 6.45) is 2.77. The molecule has 0 spiro atoms. The van der Waals surface area contributed by atoms with Crippen molar-refractivity contribution in [3.8, 4) is 0 Å². The van der Waals surface area contributed by atoms with Crippen LogP contribution in [0.3, 0.4) is 0 Å². The summed E-state index contributed by atoms with van der Waals surface area (Å²) in [6, 6.07) is 9.16. The van der Waals surface area contributed by atoms with Crippen molar-refractivity contribution in [1.82, 2.24) is 9.21 Å². The molecule has 2 N–H and O–H groups in total. The monoisotopic (exact) mass is 475 g/mol. The van der Waals surface area contributed by atoms with Gasteiger partial charge in [0, 0.05) is 37.0 Å². The molecule has 176 valence electrons. The summed E-state index contributed by atoms with van der Waals surface area (Å²) >= 11 is 0. The molecule has 2 aromatic carbocycles. The fourth-order valence-electron chi connectivity index (χ4n) is 4.03. The Labute approximate surface area is 194 Å². The van der Waals surface area contributed by atoms with Gasteiger partial charge < -0.3 is 15.3 Å². The molecule has 9 heteroatoms. The fourth-order valence-corrected chi connectivity index (χ4v) is 5.35. The number of urea groups is 1. The van der Waals surface area contributed by atoms with Crippen molar-refractivity contribution in [3.63, 3.8) is 0 Å². The van der Waals surface area contributed by atoms with Crippen LogP contribution >= 0.6 is 0 Å². The molecule has 2 heterocycles. The summed E-state index contributed by atoms with van der Waals surface area (Å²) in [5, 5.41) is 12.7. The van der Waals surface area contributed by atoms with Gasteiger partial charge in [-0.1, -0.05) is 18.2 Å². The smallest absolute Gasteiger partial charge is 0.322 e. The Morgan fingerprint density at radius 2 is 1.91 bits per heavy atom. The van der Waals surface area contributed by atoms with Crippen molar-refractivity contribution in [2.75, 3.05) is 24.2 Å². The van der Waals surface area contributed by atoms with Gasteiger partial charge in [-0.3, -0.25) is 0 Å². The number of rotatable bonds is 5. The molecule has 0 radical (unpaired) electrons. The molecule has 1 unspecified atom stereocenters. The zero-order valence-corrected chi connectivity index (χ0v) is 19.4. The maximum Gasteiger partial charge on any atom is 0.322 e. The van der Waals surface area contributed by atoms with Gasteiger partial charge in [-0.05, 0) is 55.2 Å². The van der Waals surface area contributed by atoms with E-state index >= 15 is 0 Å². The Balaban J connectivity index is 1.34. The molecule has 1 atom stereocenters. The van der Waals surface area contributed by atoms with Crippen molar-refractivity contribution < 1.29 is 22.9 Å². The molecule has 0 saturated heterocycles. The molecular weight excluding hydrogens is 448 g/mol. The molecule has 0 fully saturated rings. The van der Waals surface area contributed by atoms with E-state index in [1.54, 1.807) is 26.0 Å². The van der Waals surface area contributed by atoms with Crippen LogP contribution in [0.5, 0.6) is 0 Å². The predicted molar refractivity (Wildman–Crippen MR) is 125 cm³/mol. The number of fused-ring (bicyclic) bond motifs is 1. The van der Waals surface area contributed by atoms with E-state index in [4.69, 9.17) is 0 Å². The topological polar surface area (TPSA) is 72.9 Å². The number of carbonyl (C=O) groups excluding carboxylic acids is 1. The Morgan fingerprint density at radius 1 is 1.18 bits per heavy atom. The summed E-state index contributed by atoms with van der Waals surface area (Å²) in [4.78, 5) is 14.0. The van der Waals surface area contributed by atoms with Gasteiger partial charge >= 0.3 is 6.03 Å². The third-order valence-electron chi connectivity index (χ3n) is 5.69. The Bertz CT molecular complexity index is 1110.